The number of fused-ring (bicyclic) bond motifs is 2. The van der Waals surface area contributed by atoms with Crippen molar-refractivity contribution in [2.45, 2.75) is 38.6 Å². The summed E-state index contributed by atoms with van der Waals surface area (Å²) in [4.78, 5) is 16.6. The molecule has 2 N–H and O–H groups in total. The number of carbonyl (C=O) groups excluding carboxylic acids is 1. The second-order valence-electron chi connectivity index (χ2n) is 7.36. The van der Waals surface area contributed by atoms with Crippen LogP contribution in [0.4, 0.5) is 5.13 Å². The standard InChI is InChI=1S/C18H23N3O5S2/c1-11-2-4-12(5-3-11)21-28(23,24)10-17(22)20-18-19-13-8-14-15(9-16(13)27-18)26-7-6-25-14/h8-9,11-12,21H,2-7,10H2,1H3,(H,19,20,22). The van der Waals surface area contributed by atoms with Crippen LogP contribution in [0.15, 0.2) is 12.1 Å². The summed E-state index contributed by atoms with van der Waals surface area (Å²) in [6.07, 6.45) is 3.63. The number of nitrogens with one attached hydrogen (secondary N) is 2. The molecule has 152 valence electrons. The molecule has 28 heavy (non-hydrogen) atoms. The maximum atomic E-state index is 12.3. The smallest absolute Gasteiger partial charge is 0.242 e. The van der Waals surface area contributed by atoms with Crippen molar-refractivity contribution in [2.75, 3.05) is 24.3 Å². The molecular formula is C18H23N3O5S2. The van der Waals surface area contributed by atoms with Crippen LogP contribution < -0.4 is 19.5 Å². The second-order valence-corrected chi connectivity index (χ2v) is 10.1. The monoisotopic (exact) mass is 425 g/mol. The first-order valence-corrected chi connectivity index (χ1v) is 11.8. The van der Waals surface area contributed by atoms with Gasteiger partial charge in [0.2, 0.25) is 15.9 Å². The Morgan fingerprint density at radius 3 is 2.57 bits per heavy atom. The molecule has 0 unspecified atom stereocenters. The summed E-state index contributed by atoms with van der Waals surface area (Å²) in [7, 11) is -3.69. The largest absolute Gasteiger partial charge is 0.486 e. The van der Waals surface area contributed by atoms with E-state index in [1.54, 1.807) is 6.07 Å². The highest BCUT2D eigenvalue weighted by Crippen LogP contribution is 2.37. The molecule has 0 atom stereocenters. The zero-order valence-electron chi connectivity index (χ0n) is 15.6. The molecule has 0 saturated heterocycles. The van der Waals surface area contributed by atoms with E-state index in [2.05, 4.69) is 21.9 Å². The lowest BCUT2D eigenvalue weighted by Gasteiger charge is -2.26. The van der Waals surface area contributed by atoms with Gasteiger partial charge in [0.1, 0.15) is 19.0 Å². The van der Waals surface area contributed by atoms with Crippen LogP contribution >= 0.6 is 11.3 Å². The second kappa shape index (κ2) is 7.84. The number of carbonyl (C=O) groups is 1. The van der Waals surface area contributed by atoms with Crippen molar-refractivity contribution < 1.29 is 22.7 Å². The van der Waals surface area contributed by atoms with Gasteiger partial charge in [-0.3, -0.25) is 4.79 Å². The molecule has 0 radical (unpaired) electrons. The van der Waals surface area contributed by atoms with Gasteiger partial charge in [-0.15, -0.1) is 0 Å². The SMILES string of the molecule is CC1CCC(NS(=O)(=O)CC(=O)Nc2nc3cc4c(cc3s2)OCCO4)CC1. The van der Waals surface area contributed by atoms with E-state index in [1.807, 2.05) is 6.07 Å². The van der Waals surface area contributed by atoms with Crippen LogP contribution in [0.5, 0.6) is 11.5 Å². The number of amides is 1. The summed E-state index contributed by atoms with van der Waals surface area (Å²) in [5.74, 6) is 0.680. The zero-order valence-corrected chi connectivity index (χ0v) is 17.2. The third-order valence-corrected chi connectivity index (χ3v) is 7.25. The molecule has 0 spiro atoms. The van der Waals surface area contributed by atoms with Gasteiger partial charge in [0.25, 0.3) is 0 Å². The van der Waals surface area contributed by atoms with Gasteiger partial charge in [-0.25, -0.2) is 18.1 Å². The number of rotatable bonds is 5. The van der Waals surface area contributed by atoms with Crippen LogP contribution in [0.25, 0.3) is 10.2 Å². The predicted molar refractivity (Wildman–Crippen MR) is 108 cm³/mol. The van der Waals surface area contributed by atoms with Crippen LogP contribution in [0, 0.1) is 5.92 Å². The van der Waals surface area contributed by atoms with Crippen LogP contribution in [0.1, 0.15) is 32.6 Å². The van der Waals surface area contributed by atoms with Gasteiger partial charge in [0.15, 0.2) is 16.6 Å². The van der Waals surface area contributed by atoms with Crippen LogP contribution in [0.3, 0.4) is 0 Å². The van der Waals surface area contributed by atoms with Gasteiger partial charge in [-0.1, -0.05) is 18.3 Å². The Kier molecular flexibility index (Phi) is 5.44. The number of hydrogen-bond donors (Lipinski definition) is 2. The molecule has 10 heteroatoms. The fourth-order valence-corrected chi connectivity index (χ4v) is 5.66. The Hall–Kier alpha value is -1.91. The van der Waals surface area contributed by atoms with Gasteiger partial charge in [-0.05, 0) is 31.6 Å². The van der Waals surface area contributed by atoms with Gasteiger partial charge in [-0.2, -0.15) is 0 Å². The maximum absolute atomic E-state index is 12.3. The van der Waals surface area contributed by atoms with Crippen molar-refractivity contribution in [1.82, 2.24) is 9.71 Å². The van der Waals surface area contributed by atoms with Crippen molar-refractivity contribution in [3.8, 4) is 11.5 Å². The zero-order chi connectivity index (χ0) is 19.7. The van der Waals surface area contributed by atoms with E-state index in [4.69, 9.17) is 9.47 Å². The number of nitrogens with zero attached hydrogens (tertiary/aromatic N) is 1. The van der Waals surface area contributed by atoms with Crippen molar-refractivity contribution in [3.05, 3.63) is 12.1 Å². The van der Waals surface area contributed by atoms with Crippen LogP contribution in [-0.4, -0.2) is 44.3 Å². The van der Waals surface area contributed by atoms with Gasteiger partial charge in [0.05, 0.1) is 10.2 Å². The number of ether oxygens (including phenoxy) is 2. The summed E-state index contributed by atoms with van der Waals surface area (Å²) in [5.41, 5.74) is 0.668. The minimum atomic E-state index is -3.69. The van der Waals surface area contributed by atoms with Crippen molar-refractivity contribution in [1.29, 1.82) is 0 Å². The number of thiazole rings is 1. The third-order valence-electron chi connectivity index (χ3n) is 4.98. The highest BCUT2D eigenvalue weighted by atomic mass is 32.2. The van der Waals surface area contributed by atoms with Gasteiger partial charge in [0, 0.05) is 18.2 Å². The lowest BCUT2D eigenvalue weighted by atomic mass is 9.88. The lowest BCUT2D eigenvalue weighted by Crippen LogP contribution is -2.41. The number of sulfonamides is 1. The molecule has 8 nitrogen and oxygen atoms in total. The molecule has 2 heterocycles. The van der Waals surface area contributed by atoms with Gasteiger partial charge >= 0.3 is 0 Å². The third kappa shape index (κ3) is 4.56. The Bertz CT molecular complexity index is 938. The minimum absolute atomic E-state index is 0.0808. The lowest BCUT2D eigenvalue weighted by molar-refractivity contribution is -0.113. The quantitative estimate of drug-likeness (QED) is 0.762. The molecule has 2 aromatic rings. The summed E-state index contributed by atoms with van der Waals surface area (Å²) in [6.45, 7) is 3.15. The normalized spacial score (nSPS) is 22.2. The van der Waals surface area contributed by atoms with Crippen LogP contribution in [-0.2, 0) is 14.8 Å². The first-order chi connectivity index (χ1) is 13.4. The first kappa shape index (κ1) is 19.4. The first-order valence-electron chi connectivity index (χ1n) is 9.38. The Balaban J connectivity index is 1.39. The molecule has 1 amide bonds. The average molecular weight is 426 g/mol. The summed E-state index contributed by atoms with van der Waals surface area (Å²) >= 11 is 1.27. The molecule has 1 aromatic carbocycles. The van der Waals surface area contributed by atoms with E-state index in [0.29, 0.717) is 41.3 Å². The van der Waals surface area contributed by atoms with E-state index >= 15 is 0 Å². The minimum Gasteiger partial charge on any atom is -0.486 e. The Labute approximate surface area is 167 Å². The number of aromatic nitrogens is 1. The predicted octanol–water partition coefficient (Wildman–Crippen LogP) is 2.50. The summed E-state index contributed by atoms with van der Waals surface area (Å²) in [5, 5.41) is 2.94. The number of benzene rings is 1. The number of anilines is 1. The highest BCUT2D eigenvalue weighted by molar-refractivity contribution is 7.90. The van der Waals surface area contributed by atoms with Crippen molar-refractivity contribution >= 4 is 42.6 Å². The molecule has 1 fully saturated rings. The van der Waals surface area contributed by atoms with Crippen LogP contribution in [0.2, 0.25) is 0 Å². The number of hydrogen-bond acceptors (Lipinski definition) is 7. The van der Waals surface area contributed by atoms with Crippen molar-refractivity contribution in [2.24, 2.45) is 5.92 Å². The Morgan fingerprint density at radius 2 is 1.86 bits per heavy atom. The summed E-state index contributed by atoms with van der Waals surface area (Å²) in [6, 6.07) is 3.50. The molecule has 2 aliphatic rings. The molecule has 1 aliphatic heterocycles. The average Bonchev–Trinajstić information content (AvgIpc) is 3.01. The maximum Gasteiger partial charge on any atom is 0.242 e. The highest BCUT2D eigenvalue weighted by Gasteiger charge is 2.25. The fraction of sp³-hybridized carbons (Fsp3) is 0.556. The van der Waals surface area contributed by atoms with Crippen molar-refractivity contribution in [3.63, 3.8) is 0 Å². The summed E-state index contributed by atoms with van der Waals surface area (Å²) < 4.78 is 39.2. The molecule has 1 aromatic heterocycles. The fourth-order valence-electron chi connectivity index (χ4n) is 3.52. The topological polar surface area (TPSA) is 107 Å². The molecule has 1 aliphatic carbocycles. The Morgan fingerprint density at radius 1 is 1.18 bits per heavy atom. The molecular weight excluding hydrogens is 402 g/mol. The van der Waals surface area contributed by atoms with E-state index in [-0.39, 0.29) is 6.04 Å². The van der Waals surface area contributed by atoms with E-state index in [1.165, 1.54) is 11.3 Å². The van der Waals surface area contributed by atoms with Gasteiger partial charge < -0.3 is 14.8 Å². The van der Waals surface area contributed by atoms with E-state index in [0.717, 1.165) is 30.4 Å². The van der Waals surface area contributed by atoms with E-state index < -0.39 is 21.7 Å². The molecule has 1 saturated carbocycles. The molecule has 4 rings (SSSR count). The van der Waals surface area contributed by atoms with E-state index in [9.17, 15) is 13.2 Å². The molecule has 0 bridgehead atoms.